The fraction of sp³-hybridized carbons (Fsp3) is 0.933. The maximum atomic E-state index is 12.0. The first-order chi connectivity index (χ1) is 9.70. The third kappa shape index (κ3) is 4.43. The van der Waals surface area contributed by atoms with Crippen LogP contribution in [0.3, 0.4) is 0 Å². The van der Waals surface area contributed by atoms with E-state index < -0.39 is 6.10 Å². The van der Waals surface area contributed by atoms with Crippen LogP contribution in [-0.4, -0.2) is 60.9 Å². The zero-order valence-corrected chi connectivity index (χ0v) is 12.5. The molecule has 1 amide bonds. The molecule has 1 saturated carbocycles. The number of aliphatic hydroxyl groups excluding tert-OH is 1. The Morgan fingerprint density at radius 3 is 2.65 bits per heavy atom. The highest BCUT2D eigenvalue weighted by atomic mass is 16.5. The zero-order chi connectivity index (χ0) is 14.4. The predicted molar refractivity (Wildman–Crippen MR) is 77.5 cm³/mol. The fourth-order valence-electron chi connectivity index (χ4n) is 3.27. The van der Waals surface area contributed by atoms with Gasteiger partial charge in [-0.2, -0.15) is 0 Å². The molecule has 1 aliphatic heterocycles. The zero-order valence-electron chi connectivity index (χ0n) is 12.5. The molecule has 0 spiro atoms. The summed E-state index contributed by atoms with van der Waals surface area (Å²) in [5, 5.41) is 13.3. The number of hydrogen-bond acceptors (Lipinski definition) is 4. The van der Waals surface area contributed by atoms with Crippen LogP contribution in [-0.2, 0) is 9.53 Å². The van der Waals surface area contributed by atoms with E-state index in [1.54, 1.807) is 7.11 Å². The number of nitrogens with zero attached hydrogens (tertiary/aromatic N) is 1. The van der Waals surface area contributed by atoms with Crippen LogP contribution in [0.2, 0.25) is 0 Å². The number of ether oxygens (including phenoxy) is 1. The molecule has 1 aliphatic carbocycles. The molecule has 0 aromatic heterocycles. The van der Waals surface area contributed by atoms with Gasteiger partial charge in [0.25, 0.3) is 0 Å². The Morgan fingerprint density at radius 1 is 1.25 bits per heavy atom. The van der Waals surface area contributed by atoms with Gasteiger partial charge in [-0.15, -0.1) is 0 Å². The molecule has 2 rings (SSSR count). The van der Waals surface area contributed by atoms with Crippen LogP contribution >= 0.6 is 0 Å². The number of rotatable bonds is 5. The second kappa shape index (κ2) is 7.96. The predicted octanol–water partition coefficient (Wildman–Crippen LogP) is 0.907. The lowest BCUT2D eigenvalue weighted by molar-refractivity contribution is -0.124. The molecule has 2 fully saturated rings. The molecule has 5 heteroatoms. The molecule has 0 unspecified atom stereocenters. The molecule has 20 heavy (non-hydrogen) atoms. The van der Waals surface area contributed by atoms with E-state index in [1.807, 2.05) is 0 Å². The van der Waals surface area contributed by atoms with E-state index >= 15 is 0 Å². The van der Waals surface area contributed by atoms with Crippen molar-refractivity contribution in [2.75, 3.05) is 26.7 Å². The summed E-state index contributed by atoms with van der Waals surface area (Å²) in [6.45, 7) is 3.07. The molecule has 2 N–H and O–H groups in total. The quantitative estimate of drug-likeness (QED) is 0.737. The Labute approximate surface area is 121 Å². The van der Waals surface area contributed by atoms with Gasteiger partial charge in [0.2, 0.25) is 5.91 Å². The second-order valence-corrected chi connectivity index (χ2v) is 6.02. The average Bonchev–Trinajstić information content (AvgIpc) is 2.90. The molecule has 0 radical (unpaired) electrons. The van der Waals surface area contributed by atoms with Gasteiger partial charge in [0, 0.05) is 20.1 Å². The Bertz CT molecular complexity index is 305. The van der Waals surface area contributed by atoms with Gasteiger partial charge in [0.05, 0.1) is 12.1 Å². The molecule has 0 bridgehead atoms. The largest absolute Gasteiger partial charge is 0.388 e. The number of methoxy groups -OCH3 is 1. The highest BCUT2D eigenvalue weighted by Crippen LogP contribution is 2.21. The van der Waals surface area contributed by atoms with Gasteiger partial charge in [0.1, 0.15) is 6.10 Å². The normalized spacial score (nSPS) is 32.0. The smallest absolute Gasteiger partial charge is 0.221 e. The number of aliphatic hydroxyl groups is 1. The molecule has 1 saturated heterocycles. The van der Waals surface area contributed by atoms with Crippen molar-refractivity contribution in [1.82, 2.24) is 10.2 Å². The third-order valence-electron chi connectivity index (χ3n) is 4.55. The van der Waals surface area contributed by atoms with E-state index in [2.05, 4.69) is 10.2 Å². The van der Waals surface area contributed by atoms with Crippen LogP contribution in [0.1, 0.15) is 44.9 Å². The van der Waals surface area contributed by atoms with Crippen molar-refractivity contribution in [2.24, 2.45) is 0 Å². The molecule has 1 heterocycles. The van der Waals surface area contributed by atoms with Crippen LogP contribution in [0.15, 0.2) is 0 Å². The second-order valence-electron chi connectivity index (χ2n) is 6.02. The summed E-state index contributed by atoms with van der Waals surface area (Å²) in [6, 6.07) is -0.159. The Kier molecular flexibility index (Phi) is 6.26. The average molecular weight is 284 g/mol. The van der Waals surface area contributed by atoms with Gasteiger partial charge < -0.3 is 20.1 Å². The lowest BCUT2D eigenvalue weighted by atomic mass is 10.0. The summed E-state index contributed by atoms with van der Waals surface area (Å²) < 4.78 is 5.33. The van der Waals surface area contributed by atoms with E-state index in [-0.39, 0.29) is 18.1 Å². The molecule has 5 nitrogen and oxygen atoms in total. The Balaban J connectivity index is 1.76. The number of carbonyl (C=O) groups is 1. The van der Waals surface area contributed by atoms with Crippen LogP contribution in [0.25, 0.3) is 0 Å². The van der Waals surface area contributed by atoms with Gasteiger partial charge in [0.15, 0.2) is 0 Å². The summed E-state index contributed by atoms with van der Waals surface area (Å²) in [6.07, 6.45) is 6.09. The molecule has 0 aromatic carbocycles. The van der Waals surface area contributed by atoms with Crippen molar-refractivity contribution in [3.8, 4) is 0 Å². The van der Waals surface area contributed by atoms with E-state index in [4.69, 9.17) is 4.74 Å². The monoisotopic (exact) mass is 284 g/mol. The molecule has 2 aliphatic rings. The van der Waals surface area contributed by atoms with Gasteiger partial charge >= 0.3 is 0 Å². The molecule has 3 atom stereocenters. The number of nitrogens with one attached hydrogen (secondary N) is 1. The van der Waals surface area contributed by atoms with E-state index in [0.29, 0.717) is 6.42 Å². The maximum absolute atomic E-state index is 12.0. The van der Waals surface area contributed by atoms with Crippen molar-refractivity contribution in [1.29, 1.82) is 0 Å². The standard InChI is InChI=1S/C15H28N2O3/c1-20-13-7-3-2-6-12(15(13)19)16-14(18)8-11-17-9-4-5-10-17/h12-13,15,19H,2-11H2,1H3,(H,16,18)/t12-,13-,15-/m1/s1. The third-order valence-corrected chi connectivity index (χ3v) is 4.55. The summed E-state index contributed by atoms with van der Waals surface area (Å²) in [7, 11) is 1.63. The maximum Gasteiger partial charge on any atom is 0.221 e. The summed E-state index contributed by atoms with van der Waals surface area (Å²) in [4.78, 5) is 14.4. The van der Waals surface area contributed by atoms with Crippen LogP contribution < -0.4 is 5.32 Å². The Hall–Kier alpha value is -0.650. The topological polar surface area (TPSA) is 61.8 Å². The van der Waals surface area contributed by atoms with Crippen molar-refractivity contribution in [3.05, 3.63) is 0 Å². The minimum atomic E-state index is -0.585. The number of hydrogen-bond donors (Lipinski definition) is 2. The first-order valence-corrected chi connectivity index (χ1v) is 7.93. The summed E-state index contributed by atoms with van der Waals surface area (Å²) in [5.74, 6) is 0.0534. The molecular formula is C15H28N2O3. The van der Waals surface area contributed by atoms with Crippen LogP contribution in [0.4, 0.5) is 0 Å². The summed E-state index contributed by atoms with van der Waals surface area (Å²) in [5.41, 5.74) is 0. The Morgan fingerprint density at radius 2 is 1.95 bits per heavy atom. The highest BCUT2D eigenvalue weighted by molar-refractivity contribution is 5.76. The lowest BCUT2D eigenvalue weighted by Gasteiger charge is -2.27. The van der Waals surface area contributed by atoms with Crippen LogP contribution in [0.5, 0.6) is 0 Å². The first kappa shape index (κ1) is 15.7. The van der Waals surface area contributed by atoms with E-state index in [0.717, 1.165) is 45.3 Å². The van der Waals surface area contributed by atoms with Gasteiger partial charge in [-0.05, 0) is 38.8 Å². The minimum Gasteiger partial charge on any atom is -0.388 e. The highest BCUT2D eigenvalue weighted by Gasteiger charge is 2.31. The van der Waals surface area contributed by atoms with E-state index in [1.165, 1.54) is 12.8 Å². The van der Waals surface area contributed by atoms with Gasteiger partial charge in [-0.3, -0.25) is 4.79 Å². The minimum absolute atomic E-state index is 0.0534. The number of carbonyl (C=O) groups excluding carboxylic acids is 1. The van der Waals surface area contributed by atoms with Crippen LogP contribution in [0, 0.1) is 0 Å². The van der Waals surface area contributed by atoms with Gasteiger partial charge in [-0.25, -0.2) is 0 Å². The number of likely N-dealkylation sites (tertiary alicyclic amines) is 1. The molecule has 116 valence electrons. The lowest BCUT2D eigenvalue weighted by Crippen LogP contribution is -2.48. The van der Waals surface area contributed by atoms with Crippen molar-refractivity contribution in [3.63, 3.8) is 0 Å². The first-order valence-electron chi connectivity index (χ1n) is 7.93. The van der Waals surface area contributed by atoms with Crippen molar-refractivity contribution in [2.45, 2.75) is 63.2 Å². The fourth-order valence-corrected chi connectivity index (χ4v) is 3.27. The molecule has 0 aromatic rings. The van der Waals surface area contributed by atoms with Gasteiger partial charge in [-0.1, -0.05) is 12.8 Å². The molecular weight excluding hydrogens is 256 g/mol. The van der Waals surface area contributed by atoms with E-state index in [9.17, 15) is 9.90 Å². The summed E-state index contributed by atoms with van der Waals surface area (Å²) >= 11 is 0. The van der Waals surface area contributed by atoms with Crippen molar-refractivity contribution < 1.29 is 14.6 Å². The van der Waals surface area contributed by atoms with Crippen molar-refractivity contribution >= 4 is 5.91 Å². The SMILES string of the molecule is CO[C@@H]1CCCC[C@@H](NC(=O)CCN2CCCC2)[C@H]1O. The number of amides is 1.